The Hall–Kier alpha value is -1.62. The van der Waals surface area contributed by atoms with Gasteiger partial charge < -0.3 is 15.7 Å². The van der Waals surface area contributed by atoms with Gasteiger partial charge >= 0.3 is 6.03 Å². The van der Waals surface area contributed by atoms with Crippen molar-refractivity contribution >= 4 is 11.7 Å². The zero-order valence-corrected chi connectivity index (χ0v) is 11.4. The van der Waals surface area contributed by atoms with Gasteiger partial charge in [-0.2, -0.15) is 0 Å². The fourth-order valence-corrected chi connectivity index (χ4v) is 2.68. The van der Waals surface area contributed by atoms with E-state index in [0.29, 0.717) is 0 Å². The van der Waals surface area contributed by atoms with Crippen molar-refractivity contribution in [3.8, 4) is 0 Å². The molecule has 1 aromatic carbocycles. The summed E-state index contributed by atoms with van der Waals surface area (Å²) in [5, 5.41) is 14.8. The second kappa shape index (κ2) is 7.24. The number of aliphatic hydroxyl groups excluding tert-OH is 1. The zero-order chi connectivity index (χ0) is 14.4. The van der Waals surface area contributed by atoms with Gasteiger partial charge in [0, 0.05) is 18.6 Å². The normalized spacial score (nSPS) is 22.9. The highest BCUT2D eigenvalue weighted by atomic mass is 19.1. The molecule has 4 nitrogen and oxygen atoms in total. The molecule has 2 atom stereocenters. The molecular formula is C15H21FN2O2. The summed E-state index contributed by atoms with van der Waals surface area (Å²) in [6.45, 7) is 0.0741. The van der Waals surface area contributed by atoms with E-state index in [-0.39, 0.29) is 24.3 Å². The first-order valence-corrected chi connectivity index (χ1v) is 7.13. The van der Waals surface area contributed by atoms with Crippen molar-refractivity contribution < 1.29 is 14.3 Å². The molecule has 1 aromatic rings. The van der Waals surface area contributed by atoms with Crippen LogP contribution in [-0.4, -0.2) is 23.8 Å². The summed E-state index contributed by atoms with van der Waals surface area (Å²) >= 11 is 0. The van der Waals surface area contributed by atoms with Crippen LogP contribution in [0.15, 0.2) is 24.3 Å². The number of amides is 2. The van der Waals surface area contributed by atoms with Crippen LogP contribution in [0.25, 0.3) is 0 Å². The third-order valence-corrected chi connectivity index (χ3v) is 3.83. The number of anilines is 1. The molecule has 1 aliphatic rings. The molecule has 1 aliphatic carbocycles. The van der Waals surface area contributed by atoms with E-state index in [1.54, 1.807) is 12.1 Å². The molecule has 0 spiro atoms. The molecule has 110 valence electrons. The molecule has 2 rings (SSSR count). The van der Waals surface area contributed by atoms with Gasteiger partial charge in [0.25, 0.3) is 0 Å². The van der Waals surface area contributed by atoms with Crippen LogP contribution in [-0.2, 0) is 0 Å². The van der Waals surface area contributed by atoms with E-state index < -0.39 is 11.8 Å². The number of benzene rings is 1. The third-order valence-electron chi connectivity index (χ3n) is 3.83. The lowest BCUT2D eigenvalue weighted by Gasteiger charge is -2.24. The maximum atomic E-state index is 13.5. The van der Waals surface area contributed by atoms with Crippen molar-refractivity contribution in [2.24, 2.45) is 5.92 Å². The van der Waals surface area contributed by atoms with E-state index in [1.165, 1.54) is 12.1 Å². The maximum absolute atomic E-state index is 13.5. The second-order valence-corrected chi connectivity index (χ2v) is 5.27. The topological polar surface area (TPSA) is 61.4 Å². The van der Waals surface area contributed by atoms with Crippen molar-refractivity contribution in [3.63, 3.8) is 0 Å². The van der Waals surface area contributed by atoms with Gasteiger partial charge in [0.15, 0.2) is 0 Å². The van der Waals surface area contributed by atoms with Gasteiger partial charge in [0.05, 0.1) is 5.69 Å². The van der Waals surface area contributed by atoms with Crippen molar-refractivity contribution in [2.75, 3.05) is 11.9 Å². The van der Waals surface area contributed by atoms with Crippen LogP contribution in [0.4, 0.5) is 14.9 Å². The van der Waals surface area contributed by atoms with Crippen LogP contribution in [0.3, 0.4) is 0 Å². The second-order valence-electron chi connectivity index (χ2n) is 5.27. The molecule has 0 saturated heterocycles. The minimum Gasteiger partial charge on any atom is -0.396 e. The van der Waals surface area contributed by atoms with Gasteiger partial charge in [0.2, 0.25) is 0 Å². The fourth-order valence-electron chi connectivity index (χ4n) is 2.68. The summed E-state index contributed by atoms with van der Waals surface area (Å²) in [7, 11) is 0. The lowest BCUT2D eigenvalue weighted by Crippen LogP contribution is -2.43. The summed E-state index contributed by atoms with van der Waals surface area (Å²) < 4.78 is 13.5. The summed E-state index contributed by atoms with van der Waals surface area (Å²) in [5.41, 5.74) is 0.166. The molecule has 1 saturated carbocycles. The molecule has 0 radical (unpaired) electrons. The molecule has 2 amide bonds. The smallest absolute Gasteiger partial charge is 0.319 e. The highest BCUT2D eigenvalue weighted by molar-refractivity contribution is 5.89. The van der Waals surface area contributed by atoms with Gasteiger partial charge in [-0.1, -0.05) is 31.4 Å². The van der Waals surface area contributed by atoms with Gasteiger partial charge in [-0.3, -0.25) is 0 Å². The predicted octanol–water partition coefficient (Wildman–Crippen LogP) is 2.89. The standard InChI is InChI=1S/C15H21FN2O2/c16-12-7-4-5-9-14(12)18-15(20)17-13-8-3-1-2-6-11(13)10-19/h4-5,7,9,11,13,19H,1-3,6,8,10H2,(H2,17,18,20). The van der Waals surface area contributed by atoms with E-state index in [4.69, 9.17) is 0 Å². The van der Waals surface area contributed by atoms with Crippen LogP contribution >= 0.6 is 0 Å². The number of hydrogen-bond acceptors (Lipinski definition) is 2. The maximum Gasteiger partial charge on any atom is 0.319 e. The van der Waals surface area contributed by atoms with E-state index in [2.05, 4.69) is 10.6 Å². The minimum atomic E-state index is -0.456. The number of aliphatic hydroxyl groups is 1. The number of urea groups is 1. The number of hydrogen-bond donors (Lipinski definition) is 3. The Kier molecular flexibility index (Phi) is 5.35. The first kappa shape index (κ1) is 14.8. The predicted molar refractivity (Wildman–Crippen MR) is 76.0 cm³/mol. The van der Waals surface area contributed by atoms with Crippen LogP contribution in [0.5, 0.6) is 0 Å². The average Bonchev–Trinajstić information content (AvgIpc) is 2.66. The molecule has 20 heavy (non-hydrogen) atoms. The number of halogens is 1. The van der Waals surface area contributed by atoms with Crippen LogP contribution in [0.1, 0.15) is 32.1 Å². The molecule has 3 N–H and O–H groups in total. The van der Waals surface area contributed by atoms with Crippen molar-refractivity contribution in [1.29, 1.82) is 0 Å². The Bertz CT molecular complexity index is 453. The molecule has 2 unspecified atom stereocenters. The lowest BCUT2D eigenvalue weighted by molar-refractivity contribution is 0.182. The third kappa shape index (κ3) is 3.93. The lowest BCUT2D eigenvalue weighted by atomic mass is 9.96. The average molecular weight is 280 g/mol. The number of carbonyl (C=O) groups excluding carboxylic acids is 1. The van der Waals surface area contributed by atoms with Crippen molar-refractivity contribution in [2.45, 2.75) is 38.1 Å². The largest absolute Gasteiger partial charge is 0.396 e. The molecule has 1 fully saturated rings. The first-order chi connectivity index (χ1) is 9.70. The summed E-state index contributed by atoms with van der Waals surface area (Å²) in [6.07, 6.45) is 5.03. The highest BCUT2D eigenvalue weighted by Crippen LogP contribution is 2.23. The molecule has 0 heterocycles. The SMILES string of the molecule is O=C(Nc1ccccc1F)NC1CCCCCC1CO. The quantitative estimate of drug-likeness (QED) is 0.746. The summed E-state index contributed by atoms with van der Waals surface area (Å²) in [4.78, 5) is 11.9. The summed E-state index contributed by atoms with van der Waals surface area (Å²) in [5.74, 6) is -0.369. The van der Waals surface area contributed by atoms with Gasteiger partial charge in [-0.25, -0.2) is 9.18 Å². The Morgan fingerprint density at radius 2 is 2.00 bits per heavy atom. The Balaban J connectivity index is 1.94. The van der Waals surface area contributed by atoms with E-state index in [1.807, 2.05) is 0 Å². The molecule has 0 aliphatic heterocycles. The molecule has 0 aromatic heterocycles. The highest BCUT2D eigenvalue weighted by Gasteiger charge is 2.24. The Morgan fingerprint density at radius 1 is 1.25 bits per heavy atom. The molecule has 0 bridgehead atoms. The molecular weight excluding hydrogens is 259 g/mol. The van der Waals surface area contributed by atoms with Crippen LogP contribution in [0, 0.1) is 11.7 Å². The van der Waals surface area contributed by atoms with E-state index >= 15 is 0 Å². The number of rotatable bonds is 3. The first-order valence-electron chi connectivity index (χ1n) is 7.13. The number of para-hydroxylation sites is 1. The van der Waals surface area contributed by atoms with Crippen LogP contribution in [0.2, 0.25) is 0 Å². The Morgan fingerprint density at radius 3 is 2.75 bits per heavy atom. The van der Waals surface area contributed by atoms with Crippen molar-refractivity contribution in [3.05, 3.63) is 30.1 Å². The van der Waals surface area contributed by atoms with E-state index in [0.717, 1.165) is 32.1 Å². The van der Waals surface area contributed by atoms with Crippen LogP contribution < -0.4 is 10.6 Å². The zero-order valence-electron chi connectivity index (χ0n) is 11.4. The molecule has 5 heteroatoms. The van der Waals surface area contributed by atoms with Gasteiger partial charge in [-0.15, -0.1) is 0 Å². The van der Waals surface area contributed by atoms with E-state index in [9.17, 15) is 14.3 Å². The summed E-state index contributed by atoms with van der Waals surface area (Å²) in [6, 6.07) is 5.60. The minimum absolute atomic E-state index is 0.0470. The number of nitrogens with one attached hydrogen (secondary N) is 2. The Labute approximate surface area is 118 Å². The fraction of sp³-hybridized carbons (Fsp3) is 0.533. The van der Waals surface area contributed by atoms with Gasteiger partial charge in [0.1, 0.15) is 5.82 Å². The van der Waals surface area contributed by atoms with Crippen molar-refractivity contribution in [1.82, 2.24) is 5.32 Å². The number of carbonyl (C=O) groups is 1. The van der Waals surface area contributed by atoms with Gasteiger partial charge in [-0.05, 0) is 25.0 Å². The monoisotopic (exact) mass is 280 g/mol.